The van der Waals surface area contributed by atoms with E-state index in [0.717, 1.165) is 15.9 Å². The summed E-state index contributed by atoms with van der Waals surface area (Å²) in [4.78, 5) is 14.5. The van der Waals surface area contributed by atoms with Crippen molar-refractivity contribution in [3.8, 4) is 0 Å². The fraction of sp³-hybridized carbons (Fsp3) is 0.250. The van der Waals surface area contributed by atoms with Crippen molar-refractivity contribution in [2.75, 3.05) is 7.11 Å². The minimum absolute atomic E-state index is 0.196. The molecule has 0 radical (unpaired) electrons. The van der Waals surface area contributed by atoms with Crippen LogP contribution < -0.4 is 0 Å². The van der Waals surface area contributed by atoms with Crippen LogP contribution >= 0.6 is 11.8 Å². The number of para-hydroxylation sites is 1. The van der Waals surface area contributed by atoms with Crippen LogP contribution in [0.25, 0.3) is 10.9 Å². The Hall–Kier alpha value is -1.42. The molecule has 84 valence electrons. The van der Waals surface area contributed by atoms with Crippen molar-refractivity contribution in [3.05, 3.63) is 30.3 Å². The number of benzene rings is 1. The third kappa shape index (κ3) is 2.22. The van der Waals surface area contributed by atoms with Gasteiger partial charge in [0, 0.05) is 10.9 Å². The van der Waals surface area contributed by atoms with E-state index in [1.165, 1.54) is 18.9 Å². The van der Waals surface area contributed by atoms with Crippen LogP contribution in [0.4, 0.5) is 0 Å². The zero-order valence-electron chi connectivity index (χ0n) is 9.19. The quantitative estimate of drug-likeness (QED) is 0.657. The SMILES string of the molecule is COC(=O)C(C)Sc1cc2ccccc2[nH]1. The highest BCUT2D eigenvalue weighted by Crippen LogP contribution is 2.26. The van der Waals surface area contributed by atoms with E-state index in [1.807, 2.05) is 37.3 Å². The van der Waals surface area contributed by atoms with E-state index < -0.39 is 0 Å². The van der Waals surface area contributed by atoms with Crippen LogP contribution in [0.15, 0.2) is 35.4 Å². The molecule has 0 aliphatic heterocycles. The molecule has 0 spiro atoms. The molecule has 0 fully saturated rings. The number of rotatable bonds is 3. The standard InChI is InChI=1S/C12H13NO2S/c1-8(12(14)15-2)16-11-7-9-5-3-4-6-10(9)13-11/h3-8,13H,1-2H3. The summed E-state index contributed by atoms with van der Waals surface area (Å²) in [6.07, 6.45) is 0. The van der Waals surface area contributed by atoms with Crippen LogP contribution in [0.3, 0.4) is 0 Å². The van der Waals surface area contributed by atoms with Crippen LogP contribution in [-0.2, 0) is 9.53 Å². The lowest BCUT2D eigenvalue weighted by Crippen LogP contribution is -2.14. The minimum Gasteiger partial charge on any atom is -0.468 e. The van der Waals surface area contributed by atoms with E-state index in [9.17, 15) is 4.79 Å². The van der Waals surface area contributed by atoms with E-state index in [-0.39, 0.29) is 11.2 Å². The molecule has 1 atom stereocenters. The zero-order valence-corrected chi connectivity index (χ0v) is 10.0. The molecule has 1 heterocycles. The lowest BCUT2D eigenvalue weighted by Gasteiger charge is -2.06. The Morgan fingerprint density at radius 2 is 2.19 bits per heavy atom. The number of hydrogen-bond acceptors (Lipinski definition) is 3. The maximum Gasteiger partial charge on any atom is 0.318 e. The van der Waals surface area contributed by atoms with Crippen molar-refractivity contribution < 1.29 is 9.53 Å². The molecule has 1 aromatic carbocycles. The highest BCUT2D eigenvalue weighted by Gasteiger charge is 2.15. The first-order chi connectivity index (χ1) is 7.70. The number of aromatic nitrogens is 1. The molecule has 0 bridgehead atoms. The smallest absolute Gasteiger partial charge is 0.318 e. The van der Waals surface area contributed by atoms with Crippen LogP contribution in [0.2, 0.25) is 0 Å². The van der Waals surface area contributed by atoms with Crippen LogP contribution in [0.5, 0.6) is 0 Å². The van der Waals surface area contributed by atoms with Crippen molar-refractivity contribution in [1.29, 1.82) is 0 Å². The van der Waals surface area contributed by atoms with Gasteiger partial charge in [-0.05, 0) is 19.1 Å². The van der Waals surface area contributed by atoms with E-state index in [4.69, 9.17) is 0 Å². The normalized spacial score (nSPS) is 12.6. The number of hydrogen-bond donors (Lipinski definition) is 1. The van der Waals surface area contributed by atoms with Gasteiger partial charge >= 0.3 is 5.97 Å². The fourth-order valence-corrected chi connectivity index (χ4v) is 2.45. The molecule has 2 rings (SSSR count). The Bertz CT molecular complexity index is 473. The Labute approximate surface area is 98.2 Å². The number of carbonyl (C=O) groups excluding carboxylic acids is 1. The van der Waals surface area contributed by atoms with Gasteiger partial charge in [-0.2, -0.15) is 0 Å². The van der Waals surface area contributed by atoms with E-state index in [0.29, 0.717) is 0 Å². The summed E-state index contributed by atoms with van der Waals surface area (Å²) in [5.41, 5.74) is 1.09. The summed E-state index contributed by atoms with van der Waals surface area (Å²) in [5.74, 6) is -0.205. The molecule has 0 aliphatic rings. The number of methoxy groups -OCH3 is 1. The van der Waals surface area contributed by atoms with Crippen molar-refractivity contribution in [2.24, 2.45) is 0 Å². The van der Waals surface area contributed by atoms with Gasteiger partial charge in [-0.3, -0.25) is 4.79 Å². The molecule has 1 aromatic heterocycles. The molecule has 0 saturated heterocycles. The Morgan fingerprint density at radius 3 is 2.88 bits per heavy atom. The highest BCUT2D eigenvalue weighted by atomic mass is 32.2. The summed E-state index contributed by atoms with van der Waals surface area (Å²) in [7, 11) is 1.41. The highest BCUT2D eigenvalue weighted by molar-refractivity contribution is 8.00. The van der Waals surface area contributed by atoms with Gasteiger partial charge in [-0.1, -0.05) is 30.0 Å². The number of H-pyrrole nitrogens is 1. The lowest BCUT2D eigenvalue weighted by molar-refractivity contribution is -0.139. The molecule has 0 aliphatic carbocycles. The first-order valence-corrected chi connectivity index (χ1v) is 5.91. The topological polar surface area (TPSA) is 42.1 Å². The molecule has 1 unspecified atom stereocenters. The molecule has 1 N–H and O–H groups in total. The van der Waals surface area contributed by atoms with Gasteiger partial charge in [0.1, 0.15) is 5.25 Å². The number of nitrogens with one attached hydrogen (secondary N) is 1. The second-order valence-electron chi connectivity index (χ2n) is 3.50. The van der Waals surface area contributed by atoms with Crippen LogP contribution in [-0.4, -0.2) is 23.3 Å². The average Bonchev–Trinajstić information content (AvgIpc) is 2.69. The molecular weight excluding hydrogens is 222 g/mol. The largest absolute Gasteiger partial charge is 0.468 e. The summed E-state index contributed by atoms with van der Waals surface area (Å²) < 4.78 is 4.68. The maximum absolute atomic E-state index is 11.3. The monoisotopic (exact) mass is 235 g/mol. The second kappa shape index (κ2) is 4.61. The number of thioether (sulfide) groups is 1. The van der Waals surface area contributed by atoms with Gasteiger partial charge in [-0.15, -0.1) is 0 Å². The third-order valence-electron chi connectivity index (χ3n) is 2.34. The molecule has 2 aromatic rings. The Kier molecular flexibility index (Phi) is 3.19. The van der Waals surface area contributed by atoms with Crippen LogP contribution in [0, 0.1) is 0 Å². The minimum atomic E-state index is -0.205. The van der Waals surface area contributed by atoms with E-state index in [1.54, 1.807) is 0 Å². The van der Waals surface area contributed by atoms with Gasteiger partial charge in [0.2, 0.25) is 0 Å². The maximum atomic E-state index is 11.3. The summed E-state index contributed by atoms with van der Waals surface area (Å²) in [6.45, 7) is 1.84. The fourth-order valence-electron chi connectivity index (χ4n) is 1.51. The van der Waals surface area contributed by atoms with Gasteiger partial charge in [0.25, 0.3) is 0 Å². The molecule has 0 amide bonds. The van der Waals surface area contributed by atoms with Gasteiger partial charge in [0.05, 0.1) is 12.1 Å². The summed E-state index contributed by atoms with van der Waals surface area (Å²) >= 11 is 1.47. The number of fused-ring (bicyclic) bond motifs is 1. The zero-order chi connectivity index (χ0) is 11.5. The summed E-state index contributed by atoms with van der Waals surface area (Å²) in [5, 5.41) is 1.94. The van der Waals surface area contributed by atoms with Gasteiger partial charge in [-0.25, -0.2) is 0 Å². The lowest BCUT2D eigenvalue weighted by atomic mass is 10.3. The number of esters is 1. The predicted octanol–water partition coefficient (Wildman–Crippen LogP) is 2.82. The molecule has 3 nitrogen and oxygen atoms in total. The molecular formula is C12H13NO2S. The van der Waals surface area contributed by atoms with Gasteiger partial charge < -0.3 is 9.72 Å². The number of aromatic amines is 1. The van der Waals surface area contributed by atoms with E-state index >= 15 is 0 Å². The second-order valence-corrected chi connectivity index (χ2v) is 4.89. The van der Waals surface area contributed by atoms with Crippen molar-refractivity contribution >= 4 is 28.6 Å². The molecule has 0 saturated carbocycles. The predicted molar refractivity (Wildman–Crippen MR) is 65.6 cm³/mol. The van der Waals surface area contributed by atoms with Crippen molar-refractivity contribution in [1.82, 2.24) is 4.98 Å². The molecule has 16 heavy (non-hydrogen) atoms. The third-order valence-corrected chi connectivity index (χ3v) is 3.36. The Balaban J connectivity index is 2.18. The summed E-state index contributed by atoms with van der Waals surface area (Å²) in [6, 6.07) is 10.1. The number of ether oxygens (including phenoxy) is 1. The average molecular weight is 235 g/mol. The molecule has 4 heteroatoms. The van der Waals surface area contributed by atoms with Gasteiger partial charge in [0.15, 0.2) is 0 Å². The van der Waals surface area contributed by atoms with Crippen molar-refractivity contribution in [3.63, 3.8) is 0 Å². The van der Waals surface area contributed by atoms with Crippen LogP contribution in [0.1, 0.15) is 6.92 Å². The Morgan fingerprint density at radius 1 is 1.44 bits per heavy atom. The number of carbonyl (C=O) groups is 1. The first kappa shape index (κ1) is 11.1. The first-order valence-electron chi connectivity index (χ1n) is 5.03. The van der Waals surface area contributed by atoms with Crippen molar-refractivity contribution in [2.45, 2.75) is 17.2 Å². The van der Waals surface area contributed by atoms with E-state index in [2.05, 4.69) is 9.72 Å².